The van der Waals surface area contributed by atoms with Crippen LogP contribution in [-0.2, 0) is 16.5 Å². The number of nitrogens with zero attached hydrogens (tertiary/aromatic N) is 4. The van der Waals surface area contributed by atoms with Gasteiger partial charge in [0.05, 0.1) is 24.5 Å². The van der Waals surface area contributed by atoms with E-state index in [1.807, 2.05) is 18.9 Å². The van der Waals surface area contributed by atoms with Crippen LogP contribution in [0.1, 0.15) is 11.3 Å². The highest BCUT2D eigenvalue weighted by atomic mass is 16.5. The molecule has 20 heavy (non-hydrogen) atoms. The summed E-state index contributed by atoms with van der Waals surface area (Å²) >= 11 is 0. The molecular weight excluding hydrogens is 262 g/mol. The van der Waals surface area contributed by atoms with E-state index in [4.69, 9.17) is 20.4 Å². The number of ether oxygens (including phenoxy) is 2. The van der Waals surface area contributed by atoms with Gasteiger partial charge in [-0.3, -0.25) is 4.68 Å². The first-order valence-corrected chi connectivity index (χ1v) is 6.31. The molecule has 0 spiro atoms. The molecule has 3 N–H and O–H groups in total. The maximum Gasteiger partial charge on any atom is 0.175 e. The van der Waals surface area contributed by atoms with Crippen LogP contribution in [-0.4, -0.2) is 61.3 Å². The van der Waals surface area contributed by atoms with Crippen molar-refractivity contribution in [2.75, 3.05) is 45.4 Å². The Morgan fingerprint density at radius 1 is 1.35 bits per heavy atom. The highest BCUT2D eigenvalue weighted by molar-refractivity contribution is 6.02. The lowest BCUT2D eigenvalue weighted by Gasteiger charge is -2.25. The van der Waals surface area contributed by atoms with E-state index in [9.17, 15) is 0 Å². The first-order valence-electron chi connectivity index (χ1n) is 6.31. The van der Waals surface area contributed by atoms with Crippen LogP contribution in [0, 0.1) is 6.92 Å². The molecule has 114 valence electrons. The minimum atomic E-state index is 0.0467. The number of oxime groups is 1. The van der Waals surface area contributed by atoms with Gasteiger partial charge in [0.2, 0.25) is 0 Å². The second-order valence-corrected chi connectivity index (χ2v) is 4.37. The maximum atomic E-state index is 8.94. The summed E-state index contributed by atoms with van der Waals surface area (Å²) in [6.45, 7) is 4.25. The number of hydrogen-bond donors (Lipinski definition) is 2. The largest absolute Gasteiger partial charge is 0.409 e. The lowest BCUT2D eigenvalue weighted by atomic mass is 10.2. The van der Waals surface area contributed by atoms with Crippen molar-refractivity contribution in [1.82, 2.24) is 9.78 Å². The van der Waals surface area contributed by atoms with Gasteiger partial charge in [0.15, 0.2) is 5.84 Å². The van der Waals surface area contributed by atoms with Crippen LogP contribution in [0.3, 0.4) is 0 Å². The molecule has 8 heteroatoms. The number of aromatic nitrogens is 2. The van der Waals surface area contributed by atoms with Crippen molar-refractivity contribution in [2.45, 2.75) is 6.92 Å². The molecule has 0 aliphatic rings. The van der Waals surface area contributed by atoms with Crippen molar-refractivity contribution < 1.29 is 14.7 Å². The lowest BCUT2D eigenvalue weighted by Crippen LogP contribution is -2.34. The van der Waals surface area contributed by atoms with Gasteiger partial charge in [0.25, 0.3) is 0 Å². The molecule has 0 radical (unpaired) electrons. The first kappa shape index (κ1) is 16.3. The predicted octanol–water partition coefficient (Wildman–Crippen LogP) is -0.0778. The molecule has 8 nitrogen and oxygen atoms in total. The fourth-order valence-electron chi connectivity index (χ4n) is 2.09. The van der Waals surface area contributed by atoms with Crippen molar-refractivity contribution in [3.63, 3.8) is 0 Å². The molecule has 1 heterocycles. The van der Waals surface area contributed by atoms with Crippen LogP contribution in [0.4, 0.5) is 5.82 Å². The summed E-state index contributed by atoms with van der Waals surface area (Å²) in [5.74, 6) is 0.831. The van der Waals surface area contributed by atoms with E-state index in [-0.39, 0.29) is 5.84 Å². The number of amidine groups is 1. The second-order valence-electron chi connectivity index (χ2n) is 4.37. The standard InChI is InChI=1S/C12H23N5O3/c1-9-10(11(13)15-18)12(16(2)14-9)17(5-7-19-3)6-8-20-4/h18H,5-8H2,1-4H3,(H2,13,15). The molecular formula is C12H23N5O3. The summed E-state index contributed by atoms with van der Waals surface area (Å²) < 4.78 is 12.0. The minimum absolute atomic E-state index is 0.0467. The van der Waals surface area contributed by atoms with E-state index < -0.39 is 0 Å². The zero-order chi connectivity index (χ0) is 15.1. The third kappa shape index (κ3) is 3.61. The van der Waals surface area contributed by atoms with Crippen LogP contribution < -0.4 is 10.6 Å². The number of aryl methyl sites for hydroxylation is 2. The number of hydrogen-bond acceptors (Lipinski definition) is 6. The van der Waals surface area contributed by atoms with Gasteiger partial charge >= 0.3 is 0 Å². The Bertz CT molecular complexity index is 450. The highest BCUT2D eigenvalue weighted by Crippen LogP contribution is 2.22. The molecule has 1 aromatic rings. The summed E-state index contributed by atoms with van der Waals surface area (Å²) in [4.78, 5) is 2.04. The van der Waals surface area contributed by atoms with E-state index in [2.05, 4.69) is 10.3 Å². The smallest absolute Gasteiger partial charge is 0.175 e. The molecule has 0 saturated heterocycles. The van der Waals surface area contributed by atoms with E-state index in [1.165, 1.54) is 0 Å². The van der Waals surface area contributed by atoms with Crippen molar-refractivity contribution in [3.05, 3.63) is 11.3 Å². The van der Waals surface area contributed by atoms with Gasteiger partial charge < -0.3 is 25.3 Å². The zero-order valence-corrected chi connectivity index (χ0v) is 12.5. The third-order valence-electron chi connectivity index (χ3n) is 2.99. The summed E-state index contributed by atoms with van der Waals surface area (Å²) in [6.07, 6.45) is 0. The van der Waals surface area contributed by atoms with Gasteiger partial charge in [0, 0.05) is 34.4 Å². The minimum Gasteiger partial charge on any atom is -0.409 e. The maximum absolute atomic E-state index is 8.94. The summed E-state index contributed by atoms with van der Waals surface area (Å²) in [6, 6.07) is 0. The molecule has 0 aliphatic carbocycles. The van der Waals surface area contributed by atoms with Gasteiger partial charge in [-0.1, -0.05) is 5.16 Å². The van der Waals surface area contributed by atoms with E-state index in [0.717, 1.165) is 5.82 Å². The van der Waals surface area contributed by atoms with Crippen LogP contribution in [0.5, 0.6) is 0 Å². The summed E-state index contributed by atoms with van der Waals surface area (Å²) in [7, 11) is 5.12. The lowest BCUT2D eigenvalue weighted by molar-refractivity contribution is 0.189. The summed E-state index contributed by atoms with van der Waals surface area (Å²) in [5.41, 5.74) is 7.10. The van der Waals surface area contributed by atoms with Crippen molar-refractivity contribution >= 4 is 11.7 Å². The fourth-order valence-corrected chi connectivity index (χ4v) is 2.09. The zero-order valence-electron chi connectivity index (χ0n) is 12.5. The monoisotopic (exact) mass is 285 g/mol. The molecule has 0 aromatic carbocycles. The Kier molecular flexibility index (Phi) is 6.26. The third-order valence-corrected chi connectivity index (χ3v) is 2.99. The van der Waals surface area contributed by atoms with Gasteiger partial charge in [-0.2, -0.15) is 5.10 Å². The number of anilines is 1. The van der Waals surface area contributed by atoms with Gasteiger partial charge in [0.1, 0.15) is 5.82 Å². The topological polar surface area (TPSA) is 98.1 Å². The number of nitrogens with two attached hydrogens (primary N) is 1. The van der Waals surface area contributed by atoms with E-state index in [0.29, 0.717) is 37.6 Å². The van der Waals surface area contributed by atoms with E-state index >= 15 is 0 Å². The Morgan fingerprint density at radius 3 is 2.35 bits per heavy atom. The van der Waals surface area contributed by atoms with Crippen molar-refractivity contribution in [2.24, 2.45) is 17.9 Å². The molecule has 1 aromatic heterocycles. The quantitative estimate of drug-likeness (QED) is 0.300. The Morgan fingerprint density at radius 2 is 1.90 bits per heavy atom. The average Bonchev–Trinajstić information content (AvgIpc) is 2.73. The molecule has 0 bridgehead atoms. The molecule has 0 fully saturated rings. The highest BCUT2D eigenvalue weighted by Gasteiger charge is 2.22. The predicted molar refractivity (Wildman–Crippen MR) is 76.4 cm³/mol. The number of methoxy groups -OCH3 is 2. The Hall–Kier alpha value is -1.80. The van der Waals surface area contributed by atoms with Gasteiger partial charge in [-0.05, 0) is 6.92 Å². The normalized spacial score (nSPS) is 11.9. The number of rotatable bonds is 8. The molecule has 1 rings (SSSR count). The van der Waals surface area contributed by atoms with Crippen LogP contribution in [0.2, 0.25) is 0 Å². The SMILES string of the molecule is COCCN(CCOC)c1c(C(N)=NO)c(C)nn1C. The summed E-state index contributed by atoms with van der Waals surface area (Å²) in [5, 5.41) is 16.4. The molecule has 0 saturated carbocycles. The molecule has 0 unspecified atom stereocenters. The second kappa shape index (κ2) is 7.71. The van der Waals surface area contributed by atoms with Crippen LogP contribution in [0.25, 0.3) is 0 Å². The van der Waals surface area contributed by atoms with E-state index in [1.54, 1.807) is 18.9 Å². The van der Waals surface area contributed by atoms with Crippen molar-refractivity contribution in [1.29, 1.82) is 0 Å². The van der Waals surface area contributed by atoms with Gasteiger partial charge in [-0.25, -0.2) is 0 Å². The van der Waals surface area contributed by atoms with Crippen LogP contribution in [0.15, 0.2) is 5.16 Å². The Labute approximate surface area is 118 Å². The van der Waals surface area contributed by atoms with Crippen LogP contribution >= 0.6 is 0 Å². The van der Waals surface area contributed by atoms with Crippen molar-refractivity contribution in [3.8, 4) is 0 Å². The molecule has 0 amide bonds. The molecule has 0 atom stereocenters. The molecule has 0 aliphatic heterocycles. The first-order chi connectivity index (χ1) is 9.56. The fraction of sp³-hybridized carbons (Fsp3) is 0.667. The van der Waals surface area contributed by atoms with Gasteiger partial charge in [-0.15, -0.1) is 0 Å². The average molecular weight is 285 g/mol. The Balaban J connectivity index is 3.16.